The molecule has 6 heteroatoms. The molecular formula is C27H29N3O3. The van der Waals surface area contributed by atoms with Crippen molar-refractivity contribution >= 4 is 33.7 Å². The van der Waals surface area contributed by atoms with Gasteiger partial charge in [-0.2, -0.15) is 0 Å². The van der Waals surface area contributed by atoms with Gasteiger partial charge in [-0.05, 0) is 36.8 Å². The molecule has 0 aliphatic carbocycles. The minimum absolute atomic E-state index is 0.00629. The molecule has 1 unspecified atom stereocenters. The van der Waals surface area contributed by atoms with Gasteiger partial charge >= 0.3 is 6.03 Å². The van der Waals surface area contributed by atoms with Crippen LogP contribution in [0.5, 0.6) is 0 Å². The van der Waals surface area contributed by atoms with Gasteiger partial charge in [0.1, 0.15) is 11.2 Å². The fourth-order valence-corrected chi connectivity index (χ4v) is 4.84. The molecule has 5 rings (SSSR count). The second-order valence-electron chi connectivity index (χ2n) is 8.75. The van der Waals surface area contributed by atoms with E-state index in [4.69, 9.17) is 9.15 Å². The van der Waals surface area contributed by atoms with E-state index in [1.165, 1.54) is 5.56 Å². The maximum absolute atomic E-state index is 13.1. The molecule has 2 heterocycles. The van der Waals surface area contributed by atoms with Gasteiger partial charge in [0.25, 0.3) is 0 Å². The summed E-state index contributed by atoms with van der Waals surface area (Å²) in [5.74, 6) is 0.224. The summed E-state index contributed by atoms with van der Waals surface area (Å²) >= 11 is 0. The van der Waals surface area contributed by atoms with E-state index in [0.717, 1.165) is 52.8 Å². The first-order valence-corrected chi connectivity index (χ1v) is 11.4. The van der Waals surface area contributed by atoms with Crippen LogP contribution in [-0.2, 0) is 4.74 Å². The van der Waals surface area contributed by atoms with Crippen LogP contribution in [0, 0.1) is 6.92 Å². The van der Waals surface area contributed by atoms with Gasteiger partial charge in [-0.1, -0.05) is 48.0 Å². The summed E-state index contributed by atoms with van der Waals surface area (Å²) in [5.41, 5.74) is 4.72. The van der Waals surface area contributed by atoms with Crippen LogP contribution >= 0.6 is 0 Å². The third-order valence-corrected chi connectivity index (χ3v) is 6.45. The number of aryl methyl sites for hydroxylation is 1. The van der Waals surface area contributed by atoms with Crippen molar-refractivity contribution in [2.45, 2.75) is 18.9 Å². The average molecular weight is 444 g/mol. The number of carbonyl (C=O) groups excluding carboxylic acids is 1. The van der Waals surface area contributed by atoms with Crippen LogP contribution in [0.25, 0.3) is 21.9 Å². The molecule has 2 N–H and O–H groups in total. The number of nitrogens with zero attached hydrogens (tertiary/aromatic N) is 1. The van der Waals surface area contributed by atoms with Crippen molar-refractivity contribution in [3.63, 3.8) is 0 Å². The number of anilines is 1. The summed E-state index contributed by atoms with van der Waals surface area (Å²) in [6.07, 6.45) is 0. The number of methoxy groups -OCH3 is 1. The van der Waals surface area contributed by atoms with Crippen LogP contribution in [0.1, 0.15) is 17.0 Å². The number of urea groups is 1. The van der Waals surface area contributed by atoms with Crippen LogP contribution in [0.2, 0.25) is 0 Å². The van der Waals surface area contributed by atoms with Crippen LogP contribution in [0.15, 0.2) is 71.1 Å². The highest BCUT2D eigenvalue weighted by Crippen LogP contribution is 2.35. The normalized spacial score (nSPS) is 18.7. The first kappa shape index (κ1) is 21.5. The summed E-state index contributed by atoms with van der Waals surface area (Å²) in [5, 5.41) is 8.26. The van der Waals surface area contributed by atoms with Crippen molar-refractivity contribution in [3.8, 4) is 0 Å². The maximum atomic E-state index is 13.1. The third kappa shape index (κ3) is 4.45. The van der Waals surface area contributed by atoms with Gasteiger partial charge in [-0.3, -0.25) is 4.90 Å². The Morgan fingerprint density at radius 1 is 1.06 bits per heavy atom. The van der Waals surface area contributed by atoms with Crippen molar-refractivity contribution in [1.29, 1.82) is 0 Å². The summed E-state index contributed by atoms with van der Waals surface area (Å²) in [4.78, 5) is 15.5. The molecule has 4 aromatic rings. The molecular weight excluding hydrogens is 414 g/mol. The molecule has 0 radical (unpaired) electrons. The number of furan rings is 1. The Balaban J connectivity index is 1.38. The molecule has 1 fully saturated rings. The summed E-state index contributed by atoms with van der Waals surface area (Å²) in [6, 6.07) is 22.1. The van der Waals surface area contributed by atoms with Crippen LogP contribution < -0.4 is 10.6 Å². The van der Waals surface area contributed by atoms with Gasteiger partial charge in [0.15, 0.2) is 0 Å². The Labute approximate surface area is 193 Å². The molecule has 170 valence electrons. The number of hydrogen-bond acceptors (Lipinski definition) is 4. The van der Waals surface area contributed by atoms with Crippen LogP contribution in [-0.4, -0.2) is 50.3 Å². The predicted molar refractivity (Wildman–Crippen MR) is 132 cm³/mol. The number of fused-ring (bicyclic) bond motifs is 3. The Hall–Kier alpha value is -3.35. The summed E-state index contributed by atoms with van der Waals surface area (Å²) < 4.78 is 11.3. The lowest BCUT2D eigenvalue weighted by molar-refractivity contribution is 0.159. The van der Waals surface area contributed by atoms with Crippen LogP contribution in [0.3, 0.4) is 0 Å². The molecule has 1 aliphatic heterocycles. The Bertz CT molecular complexity index is 1270. The van der Waals surface area contributed by atoms with E-state index in [1.807, 2.05) is 36.4 Å². The zero-order valence-corrected chi connectivity index (χ0v) is 19.0. The quantitative estimate of drug-likeness (QED) is 0.434. The van der Waals surface area contributed by atoms with Gasteiger partial charge in [-0.15, -0.1) is 0 Å². The van der Waals surface area contributed by atoms with Gasteiger partial charge < -0.3 is 19.8 Å². The summed E-state index contributed by atoms with van der Waals surface area (Å²) in [6.45, 7) is 5.25. The van der Waals surface area contributed by atoms with Gasteiger partial charge in [0.2, 0.25) is 0 Å². The fraction of sp³-hybridized carbons (Fsp3) is 0.296. The molecule has 2 amide bonds. The van der Waals surface area contributed by atoms with Crippen molar-refractivity contribution in [2.75, 3.05) is 38.7 Å². The third-order valence-electron chi connectivity index (χ3n) is 6.45. The second kappa shape index (κ2) is 9.25. The van der Waals surface area contributed by atoms with Crippen molar-refractivity contribution < 1.29 is 13.9 Å². The zero-order valence-electron chi connectivity index (χ0n) is 19.0. The minimum atomic E-state index is -0.205. The molecule has 1 aliphatic rings. The van der Waals surface area contributed by atoms with E-state index in [1.54, 1.807) is 7.11 Å². The molecule has 0 spiro atoms. The van der Waals surface area contributed by atoms with E-state index in [9.17, 15) is 4.79 Å². The highest BCUT2D eigenvalue weighted by atomic mass is 16.5. The average Bonchev–Trinajstić information content (AvgIpc) is 3.39. The maximum Gasteiger partial charge on any atom is 0.319 e. The molecule has 2 atom stereocenters. The van der Waals surface area contributed by atoms with Gasteiger partial charge in [-0.25, -0.2) is 4.79 Å². The standard InChI is InChI=1S/C27H29N3O3/c1-18-11-12-24-20(15-18)26-22(9-6-10-25(26)33-24)28-27(31)29-23-17-30(13-14-32-2)16-21(23)19-7-4-3-5-8-19/h3-12,15,21,23H,13-14,16-17H2,1-2H3,(H2,28,29,31)/t21-,23?/m0/s1. The van der Waals surface area contributed by atoms with E-state index in [-0.39, 0.29) is 18.0 Å². The topological polar surface area (TPSA) is 66.7 Å². The first-order chi connectivity index (χ1) is 16.1. The lowest BCUT2D eigenvalue weighted by Gasteiger charge is -2.20. The van der Waals surface area contributed by atoms with Crippen molar-refractivity contribution in [2.24, 2.45) is 0 Å². The SMILES string of the molecule is COCCN1CC(NC(=O)Nc2cccc3oc4ccc(C)cc4c23)[C@H](c2ccccc2)C1. The molecule has 3 aromatic carbocycles. The Morgan fingerprint density at radius 3 is 2.73 bits per heavy atom. The lowest BCUT2D eigenvalue weighted by atomic mass is 9.94. The van der Waals surface area contributed by atoms with Gasteiger partial charge in [0.05, 0.1) is 23.7 Å². The van der Waals surface area contributed by atoms with Crippen molar-refractivity contribution in [1.82, 2.24) is 10.2 Å². The smallest absolute Gasteiger partial charge is 0.319 e. The number of ether oxygens (including phenoxy) is 1. The number of carbonyl (C=O) groups is 1. The van der Waals surface area contributed by atoms with E-state index >= 15 is 0 Å². The number of likely N-dealkylation sites (tertiary alicyclic amines) is 1. The molecule has 0 bridgehead atoms. The highest BCUT2D eigenvalue weighted by Gasteiger charge is 2.34. The fourth-order valence-electron chi connectivity index (χ4n) is 4.84. The number of amides is 2. The second-order valence-corrected chi connectivity index (χ2v) is 8.75. The summed E-state index contributed by atoms with van der Waals surface area (Å²) in [7, 11) is 1.72. The van der Waals surface area contributed by atoms with Crippen LogP contribution in [0.4, 0.5) is 10.5 Å². The minimum Gasteiger partial charge on any atom is -0.456 e. The Kier molecular flexibility index (Phi) is 6.03. The van der Waals surface area contributed by atoms with E-state index in [2.05, 4.69) is 52.8 Å². The number of rotatable bonds is 6. The molecule has 0 saturated carbocycles. The van der Waals surface area contributed by atoms with E-state index in [0.29, 0.717) is 6.61 Å². The van der Waals surface area contributed by atoms with E-state index < -0.39 is 0 Å². The number of hydrogen-bond donors (Lipinski definition) is 2. The zero-order chi connectivity index (χ0) is 22.8. The monoisotopic (exact) mass is 443 g/mol. The lowest BCUT2D eigenvalue weighted by Crippen LogP contribution is -2.42. The molecule has 33 heavy (non-hydrogen) atoms. The molecule has 6 nitrogen and oxygen atoms in total. The number of benzene rings is 3. The first-order valence-electron chi connectivity index (χ1n) is 11.4. The highest BCUT2D eigenvalue weighted by molar-refractivity contribution is 6.14. The largest absolute Gasteiger partial charge is 0.456 e. The predicted octanol–water partition coefficient (Wildman–Crippen LogP) is 5.13. The number of nitrogens with one attached hydrogen (secondary N) is 2. The molecule has 1 aromatic heterocycles. The Morgan fingerprint density at radius 2 is 1.91 bits per heavy atom. The van der Waals surface area contributed by atoms with Crippen molar-refractivity contribution in [3.05, 3.63) is 77.9 Å². The van der Waals surface area contributed by atoms with Gasteiger partial charge in [0, 0.05) is 38.0 Å². The molecule has 1 saturated heterocycles.